The number of aromatic amines is 1. The first-order valence-corrected chi connectivity index (χ1v) is 13.7. The Morgan fingerprint density at radius 2 is 1.57 bits per heavy atom. The van der Waals surface area contributed by atoms with Crippen molar-refractivity contribution in [2.24, 2.45) is 0 Å². The van der Waals surface area contributed by atoms with Crippen molar-refractivity contribution in [2.45, 2.75) is 32.3 Å². The van der Waals surface area contributed by atoms with Crippen molar-refractivity contribution in [1.82, 2.24) is 29.9 Å². The van der Waals surface area contributed by atoms with Crippen LogP contribution in [0.2, 0.25) is 0 Å². The van der Waals surface area contributed by atoms with E-state index in [1.165, 1.54) is 6.07 Å². The number of likely N-dealkylation sites (tertiary alicyclic amines) is 1. The summed E-state index contributed by atoms with van der Waals surface area (Å²) in [4.78, 5) is 46.3. The van der Waals surface area contributed by atoms with E-state index in [4.69, 9.17) is 4.74 Å². The fourth-order valence-corrected chi connectivity index (χ4v) is 4.94. The monoisotopic (exact) mass is 548 g/mol. The number of aromatic nitrogens is 3. The van der Waals surface area contributed by atoms with Crippen LogP contribution in [0.5, 0.6) is 5.75 Å². The summed E-state index contributed by atoms with van der Waals surface area (Å²) in [5, 5.41) is 8.22. The first-order chi connectivity index (χ1) is 19.5. The smallest absolute Gasteiger partial charge is 0.273 e. The molecule has 2 fully saturated rings. The average molecular weight is 549 g/mol. The third kappa shape index (κ3) is 6.90. The largest absolute Gasteiger partial charge is 0.489 e. The van der Waals surface area contributed by atoms with E-state index in [-0.39, 0.29) is 48.3 Å². The Morgan fingerprint density at radius 3 is 2.27 bits per heavy atom. The molecule has 5 rings (SSSR count). The molecule has 1 N–H and O–H groups in total. The number of carbonyl (C=O) groups excluding carboxylic acids is 2. The van der Waals surface area contributed by atoms with Gasteiger partial charge in [0.1, 0.15) is 23.9 Å². The quantitative estimate of drug-likeness (QED) is 0.437. The van der Waals surface area contributed by atoms with Gasteiger partial charge < -0.3 is 19.5 Å². The highest BCUT2D eigenvalue weighted by Crippen LogP contribution is 2.20. The summed E-state index contributed by atoms with van der Waals surface area (Å²) < 4.78 is 19.4. The van der Waals surface area contributed by atoms with Crippen LogP contribution in [0, 0.1) is 5.82 Å². The number of H-pyrrole nitrogens is 1. The fourth-order valence-electron chi connectivity index (χ4n) is 4.94. The van der Waals surface area contributed by atoms with Gasteiger partial charge in [0.2, 0.25) is 11.8 Å². The van der Waals surface area contributed by atoms with Crippen molar-refractivity contribution in [2.75, 3.05) is 45.8 Å². The zero-order valence-electron chi connectivity index (χ0n) is 22.4. The normalized spacial score (nSPS) is 15.8. The van der Waals surface area contributed by atoms with Gasteiger partial charge >= 0.3 is 0 Å². The molecule has 1 aromatic heterocycles. The molecular formula is C29H33FN6O4. The van der Waals surface area contributed by atoms with E-state index in [9.17, 15) is 18.8 Å². The highest BCUT2D eigenvalue weighted by molar-refractivity contribution is 5.79. The van der Waals surface area contributed by atoms with Gasteiger partial charge in [0.15, 0.2) is 5.82 Å². The van der Waals surface area contributed by atoms with Gasteiger partial charge in [-0.05, 0) is 43.2 Å². The lowest BCUT2D eigenvalue weighted by molar-refractivity contribution is -0.134. The number of hydrogen-bond donors (Lipinski definition) is 1. The fraction of sp³-hybridized carbons (Fsp3) is 0.414. The second-order valence-corrected chi connectivity index (χ2v) is 10.1. The predicted molar refractivity (Wildman–Crippen MR) is 146 cm³/mol. The summed E-state index contributed by atoms with van der Waals surface area (Å²) >= 11 is 0. The highest BCUT2D eigenvalue weighted by Gasteiger charge is 2.25. The Labute approximate surface area is 231 Å². The number of amides is 2. The number of aryl methyl sites for hydroxylation is 1. The van der Waals surface area contributed by atoms with Crippen LogP contribution in [0.25, 0.3) is 11.4 Å². The molecule has 0 atom stereocenters. The van der Waals surface area contributed by atoms with E-state index in [1.807, 2.05) is 4.90 Å². The van der Waals surface area contributed by atoms with E-state index >= 15 is 0 Å². The van der Waals surface area contributed by atoms with Crippen molar-refractivity contribution in [1.29, 1.82) is 0 Å². The third-order valence-corrected chi connectivity index (χ3v) is 7.36. The van der Waals surface area contributed by atoms with E-state index in [0.717, 1.165) is 25.9 Å². The third-order valence-electron chi connectivity index (χ3n) is 7.36. The molecule has 0 saturated carbocycles. The standard InChI is InChI=1S/C29H33FN6O4/c30-24-6-2-1-5-22(24)20-40-23-9-7-21(8-10-23)28-31-29(39)25(32-33-28)11-12-26(37)36-17-15-34(16-18-36)19-27(38)35-13-3-4-14-35/h1-2,5-10H,3-4,11-20H2,(H,31,33,39). The van der Waals surface area contributed by atoms with Crippen LogP contribution in [0.4, 0.5) is 4.39 Å². The SMILES string of the molecule is O=C(CCc1nnc(-c2ccc(OCc3ccccc3F)cc2)[nH]c1=O)N1CCN(CC(=O)N2CCCC2)CC1. The van der Waals surface area contributed by atoms with Gasteiger partial charge in [-0.2, -0.15) is 0 Å². The minimum atomic E-state index is -0.386. The molecule has 3 heterocycles. The Balaban J connectivity index is 1.08. The van der Waals surface area contributed by atoms with E-state index in [2.05, 4.69) is 20.1 Å². The Bertz CT molecular complexity index is 1380. The topological polar surface area (TPSA) is 112 Å². The molecule has 2 saturated heterocycles. The lowest BCUT2D eigenvalue weighted by Gasteiger charge is -2.35. The number of rotatable bonds is 9. The molecule has 10 nitrogen and oxygen atoms in total. The molecule has 2 amide bonds. The first-order valence-electron chi connectivity index (χ1n) is 13.7. The number of ether oxygens (including phenoxy) is 1. The second kappa shape index (κ2) is 12.8. The molecule has 0 radical (unpaired) electrons. The van der Waals surface area contributed by atoms with E-state index < -0.39 is 0 Å². The summed E-state index contributed by atoms with van der Waals surface area (Å²) in [6, 6.07) is 13.3. The van der Waals surface area contributed by atoms with Crippen molar-refractivity contribution in [3.05, 3.63) is 76.0 Å². The molecule has 0 unspecified atom stereocenters. The predicted octanol–water partition coefficient (Wildman–Crippen LogP) is 2.25. The number of nitrogens with zero attached hydrogens (tertiary/aromatic N) is 5. The molecular weight excluding hydrogens is 515 g/mol. The van der Waals surface area contributed by atoms with Crippen molar-refractivity contribution < 1.29 is 18.7 Å². The van der Waals surface area contributed by atoms with Crippen LogP contribution >= 0.6 is 0 Å². The molecule has 2 aromatic carbocycles. The van der Waals surface area contributed by atoms with Crippen molar-refractivity contribution in [3.63, 3.8) is 0 Å². The lowest BCUT2D eigenvalue weighted by Crippen LogP contribution is -2.51. The molecule has 2 aliphatic rings. The van der Waals surface area contributed by atoms with Crippen LogP contribution in [-0.2, 0) is 22.6 Å². The van der Waals surface area contributed by atoms with Crippen molar-refractivity contribution >= 4 is 11.8 Å². The molecule has 2 aliphatic heterocycles. The number of hydrogen-bond acceptors (Lipinski definition) is 7. The summed E-state index contributed by atoms with van der Waals surface area (Å²) in [6.45, 7) is 4.65. The molecule has 0 aliphatic carbocycles. The number of benzene rings is 2. The van der Waals surface area contributed by atoms with Gasteiger partial charge in [0.25, 0.3) is 5.56 Å². The number of nitrogens with one attached hydrogen (secondary N) is 1. The van der Waals surface area contributed by atoms with Gasteiger partial charge in [-0.15, -0.1) is 10.2 Å². The minimum Gasteiger partial charge on any atom is -0.489 e. The summed E-state index contributed by atoms with van der Waals surface area (Å²) in [7, 11) is 0. The molecule has 11 heteroatoms. The number of carbonyl (C=O) groups is 2. The lowest BCUT2D eigenvalue weighted by atomic mass is 10.2. The zero-order chi connectivity index (χ0) is 27.9. The minimum absolute atomic E-state index is 0.0400. The maximum absolute atomic E-state index is 13.8. The maximum atomic E-state index is 13.8. The van der Waals surface area contributed by atoms with Gasteiger partial charge in [-0.3, -0.25) is 19.3 Å². The summed E-state index contributed by atoms with van der Waals surface area (Å²) in [6.07, 6.45) is 2.51. The second-order valence-electron chi connectivity index (χ2n) is 10.1. The van der Waals surface area contributed by atoms with E-state index in [1.54, 1.807) is 47.4 Å². The molecule has 3 aromatic rings. The molecule has 0 bridgehead atoms. The maximum Gasteiger partial charge on any atom is 0.273 e. The van der Waals surface area contributed by atoms with Crippen LogP contribution in [0.1, 0.15) is 30.5 Å². The number of piperazine rings is 1. The van der Waals surface area contributed by atoms with Crippen LogP contribution in [0.15, 0.2) is 53.3 Å². The Morgan fingerprint density at radius 1 is 0.875 bits per heavy atom. The number of halogens is 1. The Kier molecular flexibility index (Phi) is 8.80. The van der Waals surface area contributed by atoms with Crippen LogP contribution in [-0.4, -0.2) is 87.5 Å². The van der Waals surface area contributed by atoms with Crippen molar-refractivity contribution in [3.8, 4) is 17.1 Å². The summed E-state index contributed by atoms with van der Waals surface area (Å²) in [5.41, 5.74) is 0.925. The van der Waals surface area contributed by atoms with E-state index in [0.29, 0.717) is 55.4 Å². The highest BCUT2D eigenvalue weighted by atomic mass is 19.1. The van der Waals surface area contributed by atoms with Crippen LogP contribution in [0.3, 0.4) is 0 Å². The van der Waals surface area contributed by atoms with Gasteiger partial charge in [-0.25, -0.2) is 4.39 Å². The zero-order valence-corrected chi connectivity index (χ0v) is 22.4. The van der Waals surface area contributed by atoms with Gasteiger partial charge in [0.05, 0.1) is 6.54 Å². The molecule has 210 valence electrons. The molecule has 0 spiro atoms. The Hall–Kier alpha value is -4.12. The average Bonchev–Trinajstić information content (AvgIpc) is 3.52. The van der Waals surface area contributed by atoms with Crippen LogP contribution < -0.4 is 10.3 Å². The van der Waals surface area contributed by atoms with Gasteiger partial charge in [0, 0.05) is 63.2 Å². The summed E-state index contributed by atoms with van der Waals surface area (Å²) in [5.74, 6) is 0.665. The van der Waals surface area contributed by atoms with Gasteiger partial charge in [-0.1, -0.05) is 18.2 Å². The first kappa shape index (κ1) is 27.4. The molecule has 40 heavy (non-hydrogen) atoms.